The predicted molar refractivity (Wildman–Crippen MR) is 97.6 cm³/mol. The highest BCUT2D eigenvalue weighted by Gasteiger charge is 2.27. The van der Waals surface area contributed by atoms with Crippen LogP contribution in [0.25, 0.3) is 22.3 Å². The smallest absolute Gasteiger partial charge is 0.193 e. The summed E-state index contributed by atoms with van der Waals surface area (Å²) in [5.41, 5.74) is 2.41. The molecule has 128 valence electrons. The summed E-state index contributed by atoms with van der Waals surface area (Å²) in [4.78, 5) is 12.4. The van der Waals surface area contributed by atoms with Crippen LogP contribution in [0.3, 0.4) is 0 Å². The van der Waals surface area contributed by atoms with Crippen molar-refractivity contribution in [3.8, 4) is 22.8 Å². The molecule has 0 unspecified atom stereocenters. The molecular weight excluding hydrogens is 316 g/mol. The van der Waals surface area contributed by atoms with Gasteiger partial charge in [0.05, 0.1) is 19.6 Å². The normalized spacial score (nSPS) is 14.3. The monoisotopic (exact) mass is 336 g/mol. The van der Waals surface area contributed by atoms with Crippen molar-refractivity contribution in [3.05, 3.63) is 58.3 Å². The molecule has 1 fully saturated rings. The molecule has 1 heterocycles. The summed E-state index contributed by atoms with van der Waals surface area (Å²) in [5, 5.41) is 0.580. The van der Waals surface area contributed by atoms with E-state index in [9.17, 15) is 4.79 Å². The van der Waals surface area contributed by atoms with Crippen molar-refractivity contribution < 1.29 is 13.9 Å². The van der Waals surface area contributed by atoms with Crippen LogP contribution < -0.4 is 14.9 Å². The molecule has 0 spiro atoms. The minimum absolute atomic E-state index is 0.0575. The Hall–Kier alpha value is -2.75. The van der Waals surface area contributed by atoms with Crippen LogP contribution in [0.2, 0.25) is 0 Å². The molecule has 2 aromatic carbocycles. The number of para-hydroxylation sites is 1. The fourth-order valence-electron chi connectivity index (χ4n) is 3.43. The standard InChI is InChI=1S/C21H20O4/c1-23-19-10-14(11-20(24-2)21(19)13-6-5-7-13)18-12-16(22)15-8-3-4-9-17(15)25-18/h3-4,8-13H,5-7H2,1-2H3. The first-order chi connectivity index (χ1) is 12.2. The van der Waals surface area contributed by atoms with Crippen LogP contribution in [-0.2, 0) is 0 Å². The molecule has 0 aliphatic heterocycles. The van der Waals surface area contributed by atoms with E-state index in [-0.39, 0.29) is 5.43 Å². The summed E-state index contributed by atoms with van der Waals surface area (Å²) in [7, 11) is 3.33. The van der Waals surface area contributed by atoms with E-state index in [1.165, 1.54) is 12.5 Å². The van der Waals surface area contributed by atoms with E-state index in [0.29, 0.717) is 22.6 Å². The number of hydrogen-bond acceptors (Lipinski definition) is 4. The Balaban J connectivity index is 1.89. The Kier molecular flexibility index (Phi) is 3.96. The van der Waals surface area contributed by atoms with Crippen LogP contribution in [0.15, 0.2) is 51.7 Å². The van der Waals surface area contributed by atoms with Crippen molar-refractivity contribution in [3.63, 3.8) is 0 Å². The third-order valence-electron chi connectivity index (χ3n) is 4.98. The first-order valence-electron chi connectivity index (χ1n) is 8.50. The maximum absolute atomic E-state index is 12.4. The van der Waals surface area contributed by atoms with Gasteiger partial charge >= 0.3 is 0 Å². The van der Waals surface area contributed by atoms with E-state index in [1.54, 1.807) is 26.4 Å². The van der Waals surface area contributed by atoms with E-state index >= 15 is 0 Å². The summed E-state index contributed by atoms with van der Waals surface area (Å²) in [6.45, 7) is 0. The molecule has 0 saturated heterocycles. The zero-order valence-electron chi connectivity index (χ0n) is 14.4. The summed E-state index contributed by atoms with van der Waals surface area (Å²) in [6, 6.07) is 12.7. The van der Waals surface area contributed by atoms with Gasteiger partial charge in [0.15, 0.2) is 5.43 Å². The molecule has 1 aromatic heterocycles. The van der Waals surface area contributed by atoms with E-state index in [4.69, 9.17) is 13.9 Å². The first kappa shape index (κ1) is 15.8. The lowest BCUT2D eigenvalue weighted by Crippen LogP contribution is -2.12. The van der Waals surface area contributed by atoms with Gasteiger partial charge in [-0.1, -0.05) is 18.6 Å². The number of ether oxygens (including phenoxy) is 2. The second-order valence-electron chi connectivity index (χ2n) is 6.39. The molecule has 0 amide bonds. The molecule has 3 aromatic rings. The zero-order chi connectivity index (χ0) is 17.4. The van der Waals surface area contributed by atoms with E-state index in [0.717, 1.165) is 35.5 Å². The first-order valence-corrected chi connectivity index (χ1v) is 8.50. The van der Waals surface area contributed by atoms with Gasteiger partial charge in [0, 0.05) is 17.2 Å². The van der Waals surface area contributed by atoms with Crippen molar-refractivity contribution in [2.45, 2.75) is 25.2 Å². The average Bonchev–Trinajstić information content (AvgIpc) is 2.60. The summed E-state index contributed by atoms with van der Waals surface area (Å²) in [5.74, 6) is 2.56. The Bertz CT molecular complexity index is 958. The van der Waals surface area contributed by atoms with Gasteiger partial charge in [-0.3, -0.25) is 4.79 Å². The number of rotatable bonds is 4. The van der Waals surface area contributed by atoms with Crippen molar-refractivity contribution in [2.24, 2.45) is 0 Å². The van der Waals surface area contributed by atoms with Gasteiger partial charge < -0.3 is 13.9 Å². The fourth-order valence-corrected chi connectivity index (χ4v) is 3.43. The Morgan fingerprint density at radius 1 is 1.00 bits per heavy atom. The minimum atomic E-state index is -0.0575. The Morgan fingerprint density at radius 2 is 1.68 bits per heavy atom. The maximum atomic E-state index is 12.4. The van der Waals surface area contributed by atoms with Crippen LogP contribution in [0, 0.1) is 0 Å². The molecule has 4 heteroatoms. The highest BCUT2D eigenvalue weighted by Crippen LogP contribution is 2.47. The summed E-state index contributed by atoms with van der Waals surface area (Å²) >= 11 is 0. The van der Waals surface area contributed by atoms with Crippen LogP contribution >= 0.6 is 0 Å². The number of hydrogen-bond donors (Lipinski definition) is 0. The van der Waals surface area contributed by atoms with Gasteiger partial charge in [0.1, 0.15) is 22.8 Å². The highest BCUT2D eigenvalue weighted by molar-refractivity contribution is 5.79. The largest absolute Gasteiger partial charge is 0.496 e. The number of fused-ring (bicyclic) bond motifs is 1. The molecule has 0 atom stereocenters. The molecular formula is C21H20O4. The average molecular weight is 336 g/mol. The maximum Gasteiger partial charge on any atom is 0.193 e. The lowest BCUT2D eigenvalue weighted by molar-refractivity contribution is 0.347. The highest BCUT2D eigenvalue weighted by atomic mass is 16.5. The Labute approximate surface area is 146 Å². The van der Waals surface area contributed by atoms with Crippen molar-refractivity contribution in [2.75, 3.05) is 14.2 Å². The molecule has 25 heavy (non-hydrogen) atoms. The van der Waals surface area contributed by atoms with Crippen molar-refractivity contribution in [1.29, 1.82) is 0 Å². The molecule has 0 bridgehead atoms. The number of methoxy groups -OCH3 is 2. The second kappa shape index (κ2) is 6.28. The lowest BCUT2D eigenvalue weighted by atomic mass is 9.79. The molecule has 1 aliphatic rings. The van der Waals surface area contributed by atoms with Crippen molar-refractivity contribution in [1.82, 2.24) is 0 Å². The quantitative estimate of drug-likeness (QED) is 0.690. The van der Waals surface area contributed by atoms with Crippen LogP contribution in [0.5, 0.6) is 11.5 Å². The minimum Gasteiger partial charge on any atom is -0.496 e. The fraction of sp³-hybridized carbons (Fsp3) is 0.286. The van der Waals surface area contributed by atoms with Crippen LogP contribution in [0.1, 0.15) is 30.7 Å². The van der Waals surface area contributed by atoms with Gasteiger partial charge in [0.2, 0.25) is 0 Å². The summed E-state index contributed by atoms with van der Waals surface area (Å²) in [6.07, 6.45) is 3.53. The van der Waals surface area contributed by atoms with Crippen molar-refractivity contribution >= 4 is 11.0 Å². The summed E-state index contributed by atoms with van der Waals surface area (Å²) < 4.78 is 17.2. The molecule has 0 radical (unpaired) electrons. The van der Waals surface area contributed by atoms with Crippen LogP contribution in [0.4, 0.5) is 0 Å². The Morgan fingerprint density at radius 3 is 2.28 bits per heavy atom. The molecule has 4 rings (SSSR count). The zero-order valence-corrected chi connectivity index (χ0v) is 14.4. The lowest BCUT2D eigenvalue weighted by Gasteiger charge is -2.29. The van der Waals surface area contributed by atoms with Gasteiger partial charge in [-0.15, -0.1) is 0 Å². The van der Waals surface area contributed by atoms with E-state index in [2.05, 4.69) is 0 Å². The van der Waals surface area contributed by atoms with Gasteiger partial charge in [-0.05, 0) is 43.0 Å². The molecule has 0 N–H and O–H groups in total. The predicted octanol–water partition coefficient (Wildman–Crippen LogP) is 4.74. The SMILES string of the molecule is COc1cc(-c2cc(=O)c3ccccc3o2)cc(OC)c1C1CCC1. The second-order valence-corrected chi connectivity index (χ2v) is 6.39. The van der Waals surface area contributed by atoms with E-state index < -0.39 is 0 Å². The topological polar surface area (TPSA) is 48.7 Å². The van der Waals surface area contributed by atoms with E-state index in [1.807, 2.05) is 24.3 Å². The molecule has 1 saturated carbocycles. The van der Waals surface area contributed by atoms with Gasteiger partial charge in [-0.2, -0.15) is 0 Å². The van der Waals surface area contributed by atoms with Gasteiger partial charge in [0.25, 0.3) is 0 Å². The molecule has 1 aliphatic carbocycles. The third-order valence-corrected chi connectivity index (χ3v) is 4.98. The third kappa shape index (κ3) is 2.68. The number of benzene rings is 2. The van der Waals surface area contributed by atoms with Gasteiger partial charge in [-0.25, -0.2) is 0 Å². The van der Waals surface area contributed by atoms with Crippen LogP contribution in [-0.4, -0.2) is 14.2 Å². The molecule has 4 nitrogen and oxygen atoms in total.